The lowest BCUT2D eigenvalue weighted by atomic mass is 10.2. The first kappa shape index (κ1) is 14.9. The molecule has 0 unspecified atom stereocenters. The maximum atomic E-state index is 10.7. The summed E-state index contributed by atoms with van der Waals surface area (Å²) in [7, 11) is 0. The summed E-state index contributed by atoms with van der Waals surface area (Å²) in [5.74, 6) is 2.17. The highest BCUT2D eigenvalue weighted by Gasteiger charge is 2.01. The third-order valence-corrected chi connectivity index (χ3v) is 3.60. The van der Waals surface area contributed by atoms with Crippen LogP contribution >= 0.6 is 11.8 Å². The zero-order valence-electron chi connectivity index (χ0n) is 10.7. The number of ether oxygens (including phenoxy) is 1. The van der Waals surface area contributed by atoms with Gasteiger partial charge in [0, 0.05) is 0 Å². The second kappa shape index (κ2) is 8.86. The summed E-state index contributed by atoms with van der Waals surface area (Å²) in [6, 6.07) is 6.53. The van der Waals surface area contributed by atoms with Crippen molar-refractivity contribution in [2.45, 2.75) is 26.2 Å². The largest absolute Gasteiger partial charge is 0.494 e. The van der Waals surface area contributed by atoms with Crippen LogP contribution in [0.2, 0.25) is 0 Å². The molecule has 0 spiro atoms. The highest BCUT2D eigenvalue weighted by Crippen LogP contribution is 2.13. The molecule has 0 saturated heterocycles. The van der Waals surface area contributed by atoms with Gasteiger partial charge in [-0.15, -0.1) is 0 Å². The Labute approximate surface area is 113 Å². The van der Waals surface area contributed by atoms with E-state index in [2.05, 4.69) is 6.92 Å². The van der Waals surface area contributed by atoms with Crippen molar-refractivity contribution >= 4 is 17.7 Å². The first-order chi connectivity index (χ1) is 8.74. The second-order valence-electron chi connectivity index (χ2n) is 4.00. The van der Waals surface area contributed by atoms with Crippen LogP contribution in [0.15, 0.2) is 24.3 Å². The topological polar surface area (TPSA) is 46.5 Å². The number of benzene rings is 1. The second-order valence-corrected chi connectivity index (χ2v) is 5.22. The fraction of sp³-hybridized carbons (Fsp3) is 0.500. The van der Waals surface area contributed by atoms with E-state index in [1.54, 1.807) is 24.3 Å². The molecule has 1 N–H and O–H groups in total. The normalized spacial score (nSPS) is 10.3. The Kier molecular flexibility index (Phi) is 7.34. The lowest BCUT2D eigenvalue weighted by Crippen LogP contribution is -2.00. The predicted molar refractivity (Wildman–Crippen MR) is 75.7 cm³/mol. The van der Waals surface area contributed by atoms with E-state index in [1.165, 1.54) is 18.6 Å². The van der Waals surface area contributed by atoms with E-state index in [9.17, 15) is 4.79 Å². The van der Waals surface area contributed by atoms with Crippen molar-refractivity contribution in [2.75, 3.05) is 18.1 Å². The van der Waals surface area contributed by atoms with Crippen LogP contribution < -0.4 is 4.74 Å². The Morgan fingerprint density at radius 3 is 2.50 bits per heavy atom. The van der Waals surface area contributed by atoms with Crippen LogP contribution in [0.25, 0.3) is 0 Å². The van der Waals surface area contributed by atoms with Gasteiger partial charge in [-0.25, -0.2) is 4.79 Å². The van der Waals surface area contributed by atoms with E-state index in [0.29, 0.717) is 6.61 Å². The average molecular weight is 268 g/mol. The Bertz CT molecular complexity index is 349. The van der Waals surface area contributed by atoms with Crippen LogP contribution in [0.5, 0.6) is 5.75 Å². The summed E-state index contributed by atoms with van der Waals surface area (Å²) < 4.78 is 5.54. The molecule has 0 radical (unpaired) electrons. The SMILES string of the molecule is CCCCSCCCOc1ccc(C(=O)O)cc1. The number of unbranched alkanes of at least 4 members (excludes halogenated alkanes) is 1. The molecule has 0 aliphatic rings. The number of hydrogen-bond acceptors (Lipinski definition) is 3. The van der Waals surface area contributed by atoms with E-state index in [0.717, 1.165) is 17.9 Å². The molecule has 3 nitrogen and oxygen atoms in total. The lowest BCUT2D eigenvalue weighted by molar-refractivity contribution is 0.0697. The number of carboxylic acids is 1. The van der Waals surface area contributed by atoms with Gasteiger partial charge in [-0.05, 0) is 48.6 Å². The van der Waals surface area contributed by atoms with Crippen molar-refractivity contribution in [3.8, 4) is 5.75 Å². The maximum Gasteiger partial charge on any atom is 0.335 e. The molecule has 0 bridgehead atoms. The van der Waals surface area contributed by atoms with Gasteiger partial charge in [-0.1, -0.05) is 13.3 Å². The van der Waals surface area contributed by atoms with E-state index in [1.807, 2.05) is 11.8 Å². The molecule has 0 heterocycles. The highest BCUT2D eigenvalue weighted by atomic mass is 32.2. The summed E-state index contributed by atoms with van der Waals surface area (Å²) >= 11 is 1.96. The minimum absolute atomic E-state index is 0.289. The van der Waals surface area contributed by atoms with Crippen LogP contribution in [-0.2, 0) is 0 Å². The molecule has 100 valence electrons. The molecule has 1 aromatic rings. The zero-order chi connectivity index (χ0) is 13.2. The molecular weight excluding hydrogens is 248 g/mol. The number of rotatable bonds is 9. The maximum absolute atomic E-state index is 10.7. The number of carbonyl (C=O) groups is 1. The monoisotopic (exact) mass is 268 g/mol. The molecule has 18 heavy (non-hydrogen) atoms. The van der Waals surface area contributed by atoms with Gasteiger partial charge in [-0.2, -0.15) is 11.8 Å². The van der Waals surface area contributed by atoms with Crippen LogP contribution in [0, 0.1) is 0 Å². The summed E-state index contributed by atoms with van der Waals surface area (Å²) in [6.07, 6.45) is 3.55. The summed E-state index contributed by atoms with van der Waals surface area (Å²) in [6.45, 7) is 2.88. The molecule has 0 amide bonds. The number of aromatic carboxylic acids is 1. The molecular formula is C14H20O3S. The fourth-order valence-corrected chi connectivity index (χ4v) is 2.41. The van der Waals surface area contributed by atoms with Crippen molar-refractivity contribution < 1.29 is 14.6 Å². The Morgan fingerprint density at radius 1 is 1.22 bits per heavy atom. The molecule has 1 aromatic carbocycles. The predicted octanol–water partition coefficient (Wildman–Crippen LogP) is 3.69. The summed E-state index contributed by atoms with van der Waals surface area (Å²) in [5, 5.41) is 8.75. The minimum atomic E-state index is -0.908. The van der Waals surface area contributed by atoms with Gasteiger partial charge in [0.05, 0.1) is 12.2 Å². The standard InChI is InChI=1S/C14H20O3S/c1-2-3-10-18-11-4-9-17-13-7-5-12(6-8-13)14(15)16/h5-8H,2-4,9-11H2,1H3,(H,15,16). The van der Waals surface area contributed by atoms with E-state index in [-0.39, 0.29) is 5.56 Å². The summed E-state index contributed by atoms with van der Waals surface area (Å²) in [4.78, 5) is 10.7. The quantitative estimate of drug-likeness (QED) is 0.694. The molecule has 0 aliphatic heterocycles. The van der Waals surface area contributed by atoms with Crippen LogP contribution in [0.4, 0.5) is 0 Å². The minimum Gasteiger partial charge on any atom is -0.494 e. The van der Waals surface area contributed by atoms with Crippen molar-refractivity contribution in [1.82, 2.24) is 0 Å². The van der Waals surface area contributed by atoms with Gasteiger partial charge < -0.3 is 9.84 Å². The molecule has 4 heteroatoms. The van der Waals surface area contributed by atoms with Gasteiger partial charge in [0.25, 0.3) is 0 Å². The van der Waals surface area contributed by atoms with Crippen LogP contribution in [-0.4, -0.2) is 29.2 Å². The molecule has 0 saturated carbocycles. The first-order valence-corrected chi connectivity index (χ1v) is 7.43. The van der Waals surface area contributed by atoms with Gasteiger partial charge >= 0.3 is 5.97 Å². The van der Waals surface area contributed by atoms with E-state index < -0.39 is 5.97 Å². The van der Waals surface area contributed by atoms with Gasteiger partial charge in [0.1, 0.15) is 5.75 Å². The van der Waals surface area contributed by atoms with Gasteiger partial charge in [0.15, 0.2) is 0 Å². The Morgan fingerprint density at radius 2 is 1.89 bits per heavy atom. The number of hydrogen-bond donors (Lipinski definition) is 1. The van der Waals surface area contributed by atoms with E-state index in [4.69, 9.17) is 9.84 Å². The molecule has 0 aliphatic carbocycles. The highest BCUT2D eigenvalue weighted by molar-refractivity contribution is 7.99. The third-order valence-electron chi connectivity index (χ3n) is 2.45. The van der Waals surface area contributed by atoms with Crippen molar-refractivity contribution in [1.29, 1.82) is 0 Å². The van der Waals surface area contributed by atoms with Gasteiger partial charge in [0.2, 0.25) is 0 Å². The molecule has 0 aromatic heterocycles. The number of carboxylic acid groups (broad SMARTS) is 1. The van der Waals surface area contributed by atoms with Crippen molar-refractivity contribution in [2.24, 2.45) is 0 Å². The third kappa shape index (κ3) is 5.96. The van der Waals surface area contributed by atoms with E-state index >= 15 is 0 Å². The van der Waals surface area contributed by atoms with Crippen LogP contribution in [0.1, 0.15) is 36.5 Å². The molecule has 0 atom stereocenters. The Hall–Kier alpha value is -1.16. The molecule has 0 fully saturated rings. The molecule has 1 rings (SSSR count). The van der Waals surface area contributed by atoms with Crippen molar-refractivity contribution in [3.05, 3.63) is 29.8 Å². The average Bonchev–Trinajstić information content (AvgIpc) is 2.38. The smallest absolute Gasteiger partial charge is 0.335 e. The Balaban J connectivity index is 2.14. The first-order valence-electron chi connectivity index (χ1n) is 6.28. The zero-order valence-corrected chi connectivity index (χ0v) is 11.5. The number of thioether (sulfide) groups is 1. The van der Waals surface area contributed by atoms with Gasteiger partial charge in [-0.3, -0.25) is 0 Å². The van der Waals surface area contributed by atoms with Crippen molar-refractivity contribution in [3.63, 3.8) is 0 Å². The lowest BCUT2D eigenvalue weighted by Gasteiger charge is -2.06. The fourth-order valence-electron chi connectivity index (χ4n) is 1.39. The van der Waals surface area contributed by atoms with Crippen LogP contribution in [0.3, 0.4) is 0 Å². The summed E-state index contributed by atoms with van der Waals surface area (Å²) in [5.41, 5.74) is 0.289.